The summed E-state index contributed by atoms with van der Waals surface area (Å²) in [6.07, 6.45) is 3.22. The van der Waals surface area contributed by atoms with Crippen LogP contribution >= 0.6 is 11.6 Å². The van der Waals surface area contributed by atoms with E-state index in [0.29, 0.717) is 22.9 Å². The van der Waals surface area contributed by atoms with Crippen LogP contribution < -0.4 is 19.7 Å². The molecular weight excluding hydrogens is 526 g/mol. The summed E-state index contributed by atoms with van der Waals surface area (Å²) in [6, 6.07) is 15.0. The number of piperazine rings is 1. The van der Waals surface area contributed by atoms with Crippen molar-refractivity contribution in [2.45, 2.75) is 18.2 Å². The van der Waals surface area contributed by atoms with E-state index in [-0.39, 0.29) is 16.7 Å². The van der Waals surface area contributed by atoms with Crippen molar-refractivity contribution < 1.29 is 13.2 Å². The SMILES string of the molecule is CCc1c(Oc2ccc(N3CCNCC3)cc2)nc(NS(=O)(=O)c2cnn(C)c2)nc1-c1ccc(Cl)cc1. The van der Waals surface area contributed by atoms with E-state index in [1.807, 2.05) is 43.3 Å². The molecule has 0 spiro atoms. The first kappa shape index (κ1) is 26.0. The number of nitrogens with one attached hydrogen (secondary N) is 2. The largest absolute Gasteiger partial charge is 0.439 e. The van der Waals surface area contributed by atoms with Gasteiger partial charge in [-0.1, -0.05) is 30.7 Å². The molecule has 0 radical (unpaired) electrons. The molecule has 4 aromatic rings. The standard InChI is InChI=1S/C26H28ClN7O3S/c1-3-23-24(18-4-6-19(27)7-5-18)30-26(32-38(35,36)22-16-29-33(2)17-22)31-25(23)37-21-10-8-20(9-11-21)34-14-12-28-13-15-34/h4-11,16-17,28H,3,12-15H2,1-2H3,(H,30,31,32). The fraction of sp³-hybridized carbons (Fsp3) is 0.269. The Balaban J connectivity index is 1.52. The average molecular weight is 554 g/mol. The molecule has 2 aromatic carbocycles. The minimum absolute atomic E-state index is 0.00202. The summed E-state index contributed by atoms with van der Waals surface area (Å²) in [7, 11) is -2.33. The Morgan fingerprint density at radius 2 is 1.76 bits per heavy atom. The van der Waals surface area contributed by atoms with E-state index in [4.69, 9.17) is 16.3 Å². The zero-order valence-electron chi connectivity index (χ0n) is 21.1. The summed E-state index contributed by atoms with van der Waals surface area (Å²) in [6.45, 7) is 5.75. The molecule has 2 aromatic heterocycles. The molecule has 2 N–H and O–H groups in total. The normalized spacial score (nSPS) is 13.9. The van der Waals surface area contributed by atoms with E-state index in [0.717, 1.165) is 43.0 Å². The molecule has 0 aliphatic carbocycles. The maximum atomic E-state index is 13.0. The maximum Gasteiger partial charge on any atom is 0.267 e. The third-order valence-electron chi connectivity index (χ3n) is 6.19. The highest BCUT2D eigenvalue weighted by Crippen LogP contribution is 2.34. The van der Waals surface area contributed by atoms with Crippen molar-refractivity contribution in [1.29, 1.82) is 0 Å². The van der Waals surface area contributed by atoms with Gasteiger partial charge in [0.05, 0.1) is 11.9 Å². The lowest BCUT2D eigenvalue weighted by Gasteiger charge is -2.29. The zero-order chi connectivity index (χ0) is 26.7. The van der Waals surface area contributed by atoms with Crippen LogP contribution in [0.2, 0.25) is 5.02 Å². The molecule has 1 fully saturated rings. The van der Waals surface area contributed by atoms with Crippen LogP contribution in [0, 0.1) is 0 Å². The van der Waals surface area contributed by atoms with Gasteiger partial charge in [0.25, 0.3) is 10.0 Å². The first-order chi connectivity index (χ1) is 18.3. The maximum absolute atomic E-state index is 13.0. The van der Waals surface area contributed by atoms with Gasteiger partial charge in [0.2, 0.25) is 11.8 Å². The van der Waals surface area contributed by atoms with Crippen LogP contribution in [0.5, 0.6) is 11.6 Å². The molecule has 1 aliphatic rings. The second kappa shape index (κ2) is 11.0. The molecule has 0 atom stereocenters. The van der Waals surface area contributed by atoms with E-state index < -0.39 is 10.0 Å². The van der Waals surface area contributed by atoms with Crippen molar-refractivity contribution >= 4 is 33.3 Å². The Hall–Kier alpha value is -3.67. The lowest BCUT2D eigenvalue weighted by molar-refractivity contribution is 0.456. The first-order valence-electron chi connectivity index (χ1n) is 12.2. The molecule has 3 heterocycles. The Kier molecular flexibility index (Phi) is 7.50. The summed E-state index contributed by atoms with van der Waals surface area (Å²) in [4.78, 5) is 11.4. The fourth-order valence-electron chi connectivity index (χ4n) is 4.23. The molecule has 38 heavy (non-hydrogen) atoms. The van der Waals surface area contributed by atoms with Gasteiger partial charge in [-0.05, 0) is 42.8 Å². The van der Waals surface area contributed by atoms with Crippen LogP contribution in [-0.2, 0) is 23.5 Å². The number of halogens is 1. The number of benzene rings is 2. The number of ether oxygens (including phenoxy) is 1. The minimum atomic E-state index is -3.97. The topological polar surface area (TPSA) is 114 Å². The van der Waals surface area contributed by atoms with Crippen LogP contribution in [0.3, 0.4) is 0 Å². The second-order valence-corrected chi connectivity index (χ2v) is 10.9. The van der Waals surface area contributed by atoms with Crippen molar-refractivity contribution in [2.75, 3.05) is 35.8 Å². The molecular formula is C26H28ClN7O3S. The number of hydrogen-bond acceptors (Lipinski definition) is 8. The molecule has 10 nitrogen and oxygen atoms in total. The highest BCUT2D eigenvalue weighted by molar-refractivity contribution is 7.92. The third-order valence-corrected chi connectivity index (χ3v) is 7.73. The molecule has 0 saturated carbocycles. The van der Waals surface area contributed by atoms with Gasteiger partial charge in [-0.25, -0.2) is 18.1 Å². The molecule has 5 rings (SSSR count). The summed E-state index contributed by atoms with van der Waals surface area (Å²) in [5.74, 6) is 0.745. The summed E-state index contributed by atoms with van der Waals surface area (Å²) >= 11 is 6.10. The van der Waals surface area contributed by atoms with E-state index in [1.165, 1.54) is 17.1 Å². The smallest absolute Gasteiger partial charge is 0.267 e. The number of aryl methyl sites for hydroxylation is 1. The van der Waals surface area contributed by atoms with Crippen molar-refractivity contribution in [2.24, 2.45) is 7.05 Å². The average Bonchev–Trinajstić information content (AvgIpc) is 3.37. The van der Waals surface area contributed by atoms with Crippen molar-refractivity contribution in [3.8, 4) is 22.9 Å². The molecule has 1 saturated heterocycles. The lowest BCUT2D eigenvalue weighted by Crippen LogP contribution is -2.43. The van der Waals surface area contributed by atoms with E-state index in [9.17, 15) is 8.42 Å². The van der Waals surface area contributed by atoms with E-state index in [2.05, 4.69) is 30.0 Å². The second-order valence-electron chi connectivity index (χ2n) is 8.83. The number of anilines is 2. The first-order valence-corrected chi connectivity index (χ1v) is 14.1. The summed E-state index contributed by atoms with van der Waals surface area (Å²) < 4.78 is 36.1. The van der Waals surface area contributed by atoms with Crippen LogP contribution in [0.15, 0.2) is 65.8 Å². The van der Waals surface area contributed by atoms with Gasteiger partial charge in [-0.2, -0.15) is 10.1 Å². The summed E-state index contributed by atoms with van der Waals surface area (Å²) in [5, 5.41) is 7.89. The number of nitrogens with zero attached hydrogens (tertiary/aromatic N) is 5. The quantitative estimate of drug-likeness (QED) is 0.335. The molecule has 1 aliphatic heterocycles. The van der Waals surface area contributed by atoms with Crippen molar-refractivity contribution in [3.63, 3.8) is 0 Å². The van der Waals surface area contributed by atoms with Crippen LogP contribution in [-0.4, -0.2) is 54.3 Å². The van der Waals surface area contributed by atoms with Gasteiger partial charge in [-0.15, -0.1) is 0 Å². The van der Waals surface area contributed by atoms with Gasteiger partial charge in [0.15, 0.2) is 0 Å². The van der Waals surface area contributed by atoms with Gasteiger partial charge < -0.3 is 15.0 Å². The molecule has 12 heteroatoms. The summed E-state index contributed by atoms with van der Waals surface area (Å²) in [5.41, 5.74) is 3.16. The van der Waals surface area contributed by atoms with Crippen LogP contribution in [0.1, 0.15) is 12.5 Å². The monoisotopic (exact) mass is 553 g/mol. The Labute approximate surface area is 226 Å². The highest BCUT2D eigenvalue weighted by Gasteiger charge is 2.22. The number of sulfonamides is 1. The molecule has 0 amide bonds. The Morgan fingerprint density at radius 1 is 1.05 bits per heavy atom. The zero-order valence-corrected chi connectivity index (χ0v) is 22.6. The fourth-order valence-corrected chi connectivity index (χ4v) is 5.29. The Morgan fingerprint density at radius 3 is 2.39 bits per heavy atom. The van der Waals surface area contributed by atoms with Crippen LogP contribution in [0.4, 0.5) is 11.6 Å². The molecule has 0 unspecified atom stereocenters. The van der Waals surface area contributed by atoms with Crippen LogP contribution in [0.25, 0.3) is 11.3 Å². The Bertz CT molecular complexity index is 1520. The predicted octanol–water partition coefficient (Wildman–Crippen LogP) is 4.10. The molecule has 0 bridgehead atoms. The number of aromatic nitrogens is 4. The van der Waals surface area contributed by atoms with Crippen molar-refractivity contribution in [1.82, 2.24) is 25.1 Å². The lowest BCUT2D eigenvalue weighted by atomic mass is 10.1. The van der Waals surface area contributed by atoms with Gasteiger partial charge in [0, 0.05) is 61.3 Å². The predicted molar refractivity (Wildman–Crippen MR) is 147 cm³/mol. The van der Waals surface area contributed by atoms with E-state index >= 15 is 0 Å². The highest BCUT2D eigenvalue weighted by atomic mass is 35.5. The number of rotatable bonds is 8. The minimum Gasteiger partial charge on any atom is -0.439 e. The van der Waals surface area contributed by atoms with Gasteiger partial charge in [0.1, 0.15) is 10.6 Å². The number of hydrogen-bond donors (Lipinski definition) is 2. The van der Waals surface area contributed by atoms with E-state index in [1.54, 1.807) is 19.2 Å². The van der Waals surface area contributed by atoms with Crippen molar-refractivity contribution in [3.05, 3.63) is 71.5 Å². The molecule has 198 valence electrons. The van der Waals surface area contributed by atoms with Gasteiger partial charge >= 0.3 is 0 Å². The third kappa shape index (κ3) is 5.74. The van der Waals surface area contributed by atoms with Gasteiger partial charge in [-0.3, -0.25) is 4.68 Å².